The molecule has 2 heteroatoms. The van der Waals surface area contributed by atoms with E-state index >= 15 is 0 Å². The topological polar surface area (TPSA) is 37.3 Å². The number of ketones is 1. The molecule has 15 heavy (non-hydrogen) atoms. The van der Waals surface area contributed by atoms with E-state index in [1.54, 1.807) is 0 Å². The second-order valence-corrected chi connectivity index (χ2v) is 4.62. The molecule has 0 heterocycles. The summed E-state index contributed by atoms with van der Waals surface area (Å²) in [4.78, 5) is 11.8. The summed E-state index contributed by atoms with van der Waals surface area (Å²) in [6.45, 7) is 0. The molecule has 1 fully saturated rings. The average Bonchev–Trinajstić information content (AvgIpc) is 2.56. The highest BCUT2D eigenvalue weighted by molar-refractivity contribution is 5.91. The Morgan fingerprint density at radius 3 is 2.80 bits per heavy atom. The van der Waals surface area contributed by atoms with E-state index in [-0.39, 0.29) is 11.7 Å². The normalized spacial score (nSPS) is 33.7. The molecule has 0 spiro atoms. The summed E-state index contributed by atoms with van der Waals surface area (Å²) in [7, 11) is 0. The number of benzene rings is 1. The first-order chi connectivity index (χ1) is 7.23. The number of carbonyl (C=O) groups excluding carboxylic acids is 1. The van der Waals surface area contributed by atoms with Gasteiger partial charge in [0.05, 0.1) is 0 Å². The zero-order valence-corrected chi connectivity index (χ0v) is 8.57. The standard InChI is InChI=1S/C13H14O2/c14-12-8-7-10-6-5-9-3-1-2-4-11(9)13(10,12)15/h1-4,10,15H,5-8H2/t10-,13-/m0/s1. The lowest BCUT2D eigenvalue weighted by Crippen LogP contribution is -2.40. The van der Waals surface area contributed by atoms with Gasteiger partial charge in [0.2, 0.25) is 0 Å². The molecular weight excluding hydrogens is 188 g/mol. The predicted octanol–water partition coefficient (Wildman–Crippen LogP) is 1.80. The lowest BCUT2D eigenvalue weighted by Gasteiger charge is -2.35. The van der Waals surface area contributed by atoms with Gasteiger partial charge in [-0.3, -0.25) is 4.79 Å². The fourth-order valence-corrected chi connectivity index (χ4v) is 3.10. The van der Waals surface area contributed by atoms with Crippen LogP contribution in [0, 0.1) is 5.92 Å². The Balaban J connectivity index is 2.21. The number of hydrogen-bond acceptors (Lipinski definition) is 2. The van der Waals surface area contributed by atoms with Crippen LogP contribution < -0.4 is 0 Å². The Hall–Kier alpha value is -1.15. The zero-order chi connectivity index (χ0) is 10.5. The van der Waals surface area contributed by atoms with E-state index < -0.39 is 5.60 Å². The van der Waals surface area contributed by atoms with Gasteiger partial charge in [-0.15, -0.1) is 0 Å². The van der Waals surface area contributed by atoms with Crippen LogP contribution in [0.4, 0.5) is 0 Å². The Morgan fingerprint density at radius 1 is 1.20 bits per heavy atom. The molecule has 78 valence electrons. The van der Waals surface area contributed by atoms with Crippen molar-refractivity contribution >= 4 is 5.78 Å². The second kappa shape index (κ2) is 2.92. The van der Waals surface area contributed by atoms with Crippen molar-refractivity contribution in [3.05, 3.63) is 35.4 Å². The molecule has 0 bridgehead atoms. The van der Waals surface area contributed by atoms with E-state index in [1.807, 2.05) is 24.3 Å². The van der Waals surface area contributed by atoms with Crippen molar-refractivity contribution in [2.24, 2.45) is 5.92 Å². The number of carbonyl (C=O) groups is 1. The van der Waals surface area contributed by atoms with Gasteiger partial charge in [0, 0.05) is 6.42 Å². The van der Waals surface area contributed by atoms with Gasteiger partial charge in [0.1, 0.15) is 0 Å². The van der Waals surface area contributed by atoms with Crippen molar-refractivity contribution in [3.8, 4) is 0 Å². The van der Waals surface area contributed by atoms with Crippen LogP contribution in [0.15, 0.2) is 24.3 Å². The van der Waals surface area contributed by atoms with Crippen LogP contribution in [0.25, 0.3) is 0 Å². The molecule has 1 aromatic carbocycles. The Labute approximate surface area is 88.9 Å². The van der Waals surface area contributed by atoms with Gasteiger partial charge in [0.15, 0.2) is 11.4 Å². The van der Waals surface area contributed by atoms with Crippen LogP contribution in [0.2, 0.25) is 0 Å². The van der Waals surface area contributed by atoms with E-state index in [2.05, 4.69) is 0 Å². The summed E-state index contributed by atoms with van der Waals surface area (Å²) in [6.07, 6.45) is 3.33. The minimum Gasteiger partial charge on any atom is -0.377 e. The van der Waals surface area contributed by atoms with Gasteiger partial charge in [-0.1, -0.05) is 24.3 Å². The summed E-state index contributed by atoms with van der Waals surface area (Å²) >= 11 is 0. The maximum Gasteiger partial charge on any atom is 0.169 e. The van der Waals surface area contributed by atoms with Crippen LogP contribution in [-0.2, 0) is 16.8 Å². The lowest BCUT2D eigenvalue weighted by atomic mass is 9.73. The summed E-state index contributed by atoms with van der Waals surface area (Å²) in [5, 5.41) is 10.6. The van der Waals surface area contributed by atoms with Crippen LogP contribution in [0.3, 0.4) is 0 Å². The molecule has 0 radical (unpaired) electrons. The molecule has 2 nitrogen and oxygen atoms in total. The molecule has 1 saturated carbocycles. The zero-order valence-electron chi connectivity index (χ0n) is 8.57. The summed E-state index contributed by atoms with van der Waals surface area (Å²) in [5.41, 5.74) is 0.852. The number of aryl methyl sites for hydroxylation is 1. The van der Waals surface area contributed by atoms with Crippen LogP contribution in [-0.4, -0.2) is 10.9 Å². The number of Topliss-reactive ketones (excluding diaryl/α,β-unsaturated/α-hetero) is 1. The van der Waals surface area contributed by atoms with Crippen molar-refractivity contribution in [2.45, 2.75) is 31.3 Å². The molecule has 0 saturated heterocycles. The van der Waals surface area contributed by atoms with E-state index in [0.29, 0.717) is 6.42 Å². The van der Waals surface area contributed by atoms with Crippen LogP contribution in [0.5, 0.6) is 0 Å². The molecule has 1 aromatic rings. The highest BCUT2D eigenvalue weighted by atomic mass is 16.3. The first-order valence-corrected chi connectivity index (χ1v) is 5.57. The van der Waals surface area contributed by atoms with E-state index in [4.69, 9.17) is 0 Å². The number of fused-ring (bicyclic) bond motifs is 3. The molecule has 0 aliphatic heterocycles. The van der Waals surface area contributed by atoms with Crippen LogP contribution >= 0.6 is 0 Å². The smallest absolute Gasteiger partial charge is 0.169 e. The fourth-order valence-electron chi connectivity index (χ4n) is 3.10. The molecule has 1 N–H and O–H groups in total. The minimum atomic E-state index is -1.16. The van der Waals surface area contributed by atoms with E-state index in [0.717, 1.165) is 30.4 Å². The fraction of sp³-hybridized carbons (Fsp3) is 0.462. The predicted molar refractivity (Wildman–Crippen MR) is 56.4 cm³/mol. The Kier molecular flexibility index (Phi) is 1.77. The van der Waals surface area contributed by atoms with Gasteiger partial charge >= 0.3 is 0 Å². The molecule has 2 aliphatic rings. The SMILES string of the molecule is O=C1CC[C@@H]2CCc3ccccc3[C@]12O. The van der Waals surface area contributed by atoms with Crippen LogP contribution in [0.1, 0.15) is 30.4 Å². The number of hydrogen-bond donors (Lipinski definition) is 1. The maximum absolute atomic E-state index is 11.8. The third kappa shape index (κ3) is 1.06. The summed E-state index contributed by atoms with van der Waals surface area (Å²) in [6, 6.07) is 7.81. The first-order valence-electron chi connectivity index (χ1n) is 5.57. The summed E-state index contributed by atoms with van der Waals surface area (Å²) in [5.74, 6) is 0.166. The van der Waals surface area contributed by atoms with E-state index in [9.17, 15) is 9.90 Å². The molecule has 0 amide bonds. The number of rotatable bonds is 0. The van der Waals surface area contributed by atoms with Crippen molar-refractivity contribution in [1.82, 2.24) is 0 Å². The molecule has 3 rings (SSSR count). The first kappa shape index (κ1) is 9.10. The van der Waals surface area contributed by atoms with Gasteiger partial charge in [0.25, 0.3) is 0 Å². The van der Waals surface area contributed by atoms with Crippen molar-refractivity contribution in [3.63, 3.8) is 0 Å². The highest BCUT2D eigenvalue weighted by Gasteiger charge is 2.51. The largest absolute Gasteiger partial charge is 0.377 e. The monoisotopic (exact) mass is 202 g/mol. The third-order valence-electron chi connectivity index (χ3n) is 3.93. The molecule has 0 unspecified atom stereocenters. The molecule has 2 atom stereocenters. The van der Waals surface area contributed by atoms with Crippen molar-refractivity contribution in [2.75, 3.05) is 0 Å². The van der Waals surface area contributed by atoms with Gasteiger partial charge in [-0.05, 0) is 36.3 Å². The molecular formula is C13H14O2. The quantitative estimate of drug-likeness (QED) is 0.696. The van der Waals surface area contributed by atoms with Gasteiger partial charge in [-0.25, -0.2) is 0 Å². The Morgan fingerprint density at radius 2 is 1.93 bits per heavy atom. The second-order valence-electron chi connectivity index (χ2n) is 4.62. The average molecular weight is 202 g/mol. The summed E-state index contributed by atoms with van der Waals surface area (Å²) < 4.78 is 0. The van der Waals surface area contributed by atoms with Crippen molar-refractivity contribution in [1.29, 1.82) is 0 Å². The van der Waals surface area contributed by atoms with Gasteiger partial charge in [-0.2, -0.15) is 0 Å². The van der Waals surface area contributed by atoms with Gasteiger partial charge < -0.3 is 5.11 Å². The Bertz CT molecular complexity index is 424. The molecule has 2 aliphatic carbocycles. The lowest BCUT2D eigenvalue weighted by molar-refractivity contribution is -0.138. The minimum absolute atomic E-state index is 0.0136. The van der Waals surface area contributed by atoms with Crippen molar-refractivity contribution < 1.29 is 9.90 Å². The van der Waals surface area contributed by atoms with E-state index in [1.165, 1.54) is 0 Å². The highest BCUT2D eigenvalue weighted by Crippen LogP contribution is 2.47. The molecule has 0 aromatic heterocycles. The third-order valence-corrected chi connectivity index (χ3v) is 3.93. The maximum atomic E-state index is 11.8. The number of aliphatic hydroxyl groups is 1.